The first kappa shape index (κ1) is 25.0. The molecule has 0 radical (unpaired) electrons. The molecule has 1 aliphatic rings. The molecule has 0 bridgehead atoms. The Morgan fingerprint density at radius 2 is 1.92 bits per heavy atom. The molecular formula is C26H25ClN4O5. The fraction of sp³-hybridized carbons (Fsp3) is 0.231. The number of anilines is 1. The molecule has 3 amide bonds. The largest absolute Gasteiger partial charge is 0.477 e. The number of rotatable bonds is 8. The second-order valence-corrected chi connectivity index (χ2v) is 8.72. The van der Waals surface area contributed by atoms with Crippen LogP contribution in [0.25, 0.3) is 0 Å². The number of carbonyl (C=O) groups excluding carboxylic acids is 2. The number of ether oxygens (including phenoxy) is 1. The van der Waals surface area contributed by atoms with E-state index >= 15 is 0 Å². The Labute approximate surface area is 213 Å². The van der Waals surface area contributed by atoms with Crippen molar-refractivity contribution >= 4 is 35.2 Å². The zero-order valence-electron chi connectivity index (χ0n) is 19.8. The number of amides is 3. The highest BCUT2D eigenvalue weighted by molar-refractivity contribution is 6.30. The van der Waals surface area contributed by atoms with Crippen molar-refractivity contribution in [3.05, 3.63) is 82.5 Å². The minimum atomic E-state index is -1.14. The average Bonchev–Trinajstić information content (AvgIpc) is 2.85. The van der Waals surface area contributed by atoms with Crippen molar-refractivity contribution in [2.45, 2.75) is 33.0 Å². The Balaban J connectivity index is 1.54. The lowest BCUT2D eigenvalue weighted by Gasteiger charge is -2.40. The topological polar surface area (TPSA) is 112 Å². The van der Waals surface area contributed by atoms with Gasteiger partial charge in [-0.1, -0.05) is 29.8 Å². The molecule has 4 rings (SSSR count). The lowest BCUT2D eigenvalue weighted by molar-refractivity contribution is -0.132. The second-order valence-electron chi connectivity index (χ2n) is 8.29. The van der Waals surface area contributed by atoms with Crippen LogP contribution in [0.1, 0.15) is 35.0 Å². The number of urea groups is 1. The Kier molecular flexibility index (Phi) is 7.40. The predicted octanol–water partition coefficient (Wildman–Crippen LogP) is 5.15. The minimum Gasteiger partial charge on any atom is -0.477 e. The number of nitrogens with one attached hydrogen (secondary N) is 1. The molecule has 2 aromatic carbocycles. The first-order valence-electron chi connectivity index (χ1n) is 11.4. The van der Waals surface area contributed by atoms with Gasteiger partial charge in [0.05, 0.1) is 6.42 Å². The van der Waals surface area contributed by atoms with Crippen LogP contribution in [0.2, 0.25) is 5.02 Å². The number of hydrogen-bond donors (Lipinski definition) is 2. The number of carboxylic acid groups (broad SMARTS) is 1. The number of carbonyl (C=O) groups is 3. The minimum absolute atomic E-state index is 0.114. The monoisotopic (exact) mass is 508 g/mol. The number of halogens is 1. The maximum Gasteiger partial charge on any atom is 0.354 e. The maximum atomic E-state index is 13.1. The third-order valence-corrected chi connectivity index (χ3v) is 6.02. The highest BCUT2D eigenvalue weighted by Crippen LogP contribution is 2.29. The van der Waals surface area contributed by atoms with E-state index in [-0.39, 0.29) is 29.9 Å². The maximum absolute atomic E-state index is 13.1. The van der Waals surface area contributed by atoms with Crippen LogP contribution < -0.4 is 10.1 Å². The van der Waals surface area contributed by atoms with Crippen molar-refractivity contribution < 1.29 is 24.2 Å². The van der Waals surface area contributed by atoms with Gasteiger partial charge < -0.3 is 15.2 Å². The van der Waals surface area contributed by atoms with E-state index in [9.17, 15) is 14.4 Å². The molecule has 0 spiro atoms. The van der Waals surface area contributed by atoms with Crippen LogP contribution in [-0.4, -0.2) is 50.5 Å². The number of hydrogen-bond acceptors (Lipinski definition) is 6. The van der Waals surface area contributed by atoms with E-state index in [2.05, 4.69) is 10.3 Å². The molecule has 0 aliphatic carbocycles. The molecule has 1 unspecified atom stereocenters. The summed E-state index contributed by atoms with van der Waals surface area (Å²) in [6, 6.07) is 16.7. The van der Waals surface area contributed by atoms with E-state index in [1.807, 2.05) is 25.1 Å². The zero-order chi connectivity index (χ0) is 25.8. The molecule has 36 heavy (non-hydrogen) atoms. The van der Waals surface area contributed by atoms with Gasteiger partial charge in [0.25, 0.3) is 0 Å². The van der Waals surface area contributed by atoms with Crippen LogP contribution in [-0.2, 0) is 11.3 Å². The van der Waals surface area contributed by atoms with Crippen molar-refractivity contribution in [3.63, 3.8) is 0 Å². The van der Waals surface area contributed by atoms with Crippen LogP contribution in [0.5, 0.6) is 11.6 Å². The summed E-state index contributed by atoms with van der Waals surface area (Å²) >= 11 is 6.00. The molecule has 1 aliphatic heterocycles. The summed E-state index contributed by atoms with van der Waals surface area (Å²) in [7, 11) is 0. The Morgan fingerprint density at radius 3 is 2.58 bits per heavy atom. The number of nitrogens with zero attached hydrogens (tertiary/aromatic N) is 3. The van der Waals surface area contributed by atoms with Gasteiger partial charge in [0.2, 0.25) is 11.8 Å². The summed E-state index contributed by atoms with van der Waals surface area (Å²) in [4.78, 5) is 43.8. The molecule has 2 heterocycles. The summed E-state index contributed by atoms with van der Waals surface area (Å²) in [5.74, 6) is -0.718. The van der Waals surface area contributed by atoms with Gasteiger partial charge in [-0.25, -0.2) is 14.6 Å². The normalized spacial score (nSPS) is 15.7. The summed E-state index contributed by atoms with van der Waals surface area (Å²) in [5.41, 5.74) is 2.23. The van der Waals surface area contributed by atoms with Gasteiger partial charge in [-0.15, -0.1) is 0 Å². The molecule has 9 nitrogen and oxygen atoms in total. The molecule has 2 N–H and O–H groups in total. The average molecular weight is 509 g/mol. The van der Waals surface area contributed by atoms with Crippen LogP contribution in [0.3, 0.4) is 0 Å². The summed E-state index contributed by atoms with van der Waals surface area (Å²) in [6.07, 6.45) is -0.431. The van der Waals surface area contributed by atoms with E-state index in [0.29, 0.717) is 29.5 Å². The number of aryl methyl sites for hydroxylation is 1. The third-order valence-electron chi connectivity index (χ3n) is 5.77. The van der Waals surface area contributed by atoms with Gasteiger partial charge in [-0.2, -0.15) is 0 Å². The molecule has 1 aromatic heterocycles. The van der Waals surface area contributed by atoms with Crippen LogP contribution in [0, 0.1) is 6.92 Å². The van der Waals surface area contributed by atoms with Crippen molar-refractivity contribution in [2.75, 3.05) is 11.9 Å². The third kappa shape index (κ3) is 5.58. The van der Waals surface area contributed by atoms with Gasteiger partial charge >= 0.3 is 12.0 Å². The molecule has 1 atom stereocenters. The molecule has 10 heteroatoms. The van der Waals surface area contributed by atoms with Crippen LogP contribution in [0.15, 0.2) is 60.7 Å². The summed E-state index contributed by atoms with van der Waals surface area (Å²) in [6.45, 7) is 4.21. The molecule has 186 valence electrons. The Bertz CT molecular complexity index is 1300. The second kappa shape index (κ2) is 10.7. The van der Waals surface area contributed by atoms with Crippen LogP contribution in [0.4, 0.5) is 10.5 Å². The predicted molar refractivity (Wildman–Crippen MR) is 134 cm³/mol. The van der Waals surface area contributed by atoms with Gasteiger partial charge in [-0.3, -0.25) is 14.6 Å². The van der Waals surface area contributed by atoms with Gasteiger partial charge in [0, 0.05) is 29.9 Å². The highest BCUT2D eigenvalue weighted by Gasteiger charge is 2.38. The highest BCUT2D eigenvalue weighted by atomic mass is 35.5. The molecule has 3 aromatic rings. The number of benzene rings is 2. The zero-order valence-corrected chi connectivity index (χ0v) is 20.5. The number of carboxylic acids is 1. The number of imide groups is 1. The number of pyridine rings is 1. The van der Waals surface area contributed by atoms with Gasteiger partial charge in [-0.05, 0) is 61.4 Å². The summed E-state index contributed by atoms with van der Waals surface area (Å²) in [5, 5.41) is 13.0. The lowest BCUT2D eigenvalue weighted by Crippen LogP contribution is -2.58. The van der Waals surface area contributed by atoms with Crippen molar-refractivity contribution in [1.29, 1.82) is 0 Å². The first-order valence-corrected chi connectivity index (χ1v) is 11.7. The van der Waals surface area contributed by atoms with Gasteiger partial charge in [0.15, 0.2) is 5.69 Å². The molecule has 1 fully saturated rings. The lowest BCUT2D eigenvalue weighted by atomic mass is 10.1. The Morgan fingerprint density at radius 1 is 1.17 bits per heavy atom. The van der Waals surface area contributed by atoms with E-state index in [1.165, 1.54) is 11.0 Å². The van der Waals surface area contributed by atoms with E-state index in [1.54, 1.807) is 48.2 Å². The van der Waals surface area contributed by atoms with Crippen molar-refractivity contribution in [1.82, 2.24) is 14.8 Å². The molecule has 1 saturated heterocycles. The fourth-order valence-corrected chi connectivity index (χ4v) is 4.06. The molecular weight excluding hydrogens is 484 g/mol. The smallest absolute Gasteiger partial charge is 0.354 e. The molecule has 0 saturated carbocycles. The van der Waals surface area contributed by atoms with Crippen molar-refractivity contribution in [3.8, 4) is 11.6 Å². The Hall–Kier alpha value is -4.11. The van der Waals surface area contributed by atoms with Crippen molar-refractivity contribution in [2.24, 2.45) is 0 Å². The van der Waals surface area contributed by atoms with E-state index in [0.717, 1.165) is 11.1 Å². The van der Waals surface area contributed by atoms with E-state index < -0.39 is 12.1 Å². The standard InChI is InChI=1S/C26H25ClN4O5/c1-3-30-24(32)14-22(31(26(30)35)15-17-7-9-18(27)10-8-17)28-19-11-12-21(16(2)13-19)36-23-6-4-5-20(29-23)25(33)34/h4-13,22,28H,3,14-15H2,1-2H3,(H,33,34). The van der Waals surface area contributed by atoms with Gasteiger partial charge in [0.1, 0.15) is 11.9 Å². The number of aromatic carboxylic acids is 1. The first-order chi connectivity index (χ1) is 17.2. The number of aromatic nitrogens is 1. The van der Waals surface area contributed by atoms with E-state index in [4.69, 9.17) is 21.4 Å². The van der Waals surface area contributed by atoms with Crippen LogP contribution >= 0.6 is 11.6 Å². The SMILES string of the molecule is CCN1C(=O)CC(Nc2ccc(Oc3cccc(C(=O)O)n3)c(C)c2)N(Cc2ccc(Cl)cc2)C1=O. The quantitative estimate of drug-likeness (QED) is 0.433. The summed E-state index contributed by atoms with van der Waals surface area (Å²) < 4.78 is 5.78. The fourth-order valence-electron chi connectivity index (χ4n) is 3.94.